The molecule has 450 valence electrons. The molecule has 3 aromatic rings. The molecular formula is C59H87N5O15S2. The van der Waals surface area contributed by atoms with E-state index in [1.165, 1.54) is 68.7 Å². The Kier molecular flexibility index (Phi) is 33.2. The molecule has 4 rings (SSSR count). The van der Waals surface area contributed by atoms with E-state index in [9.17, 15) is 33.9 Å². The summed E-state index contributed by atoms with van der Waals surface area (Å²) < 4.78 is 48.6. The fraction of sp³-hybridized carbons (Fsp3) is 0.610. The number of amides is 3. The Morgan fingerprint density at radius 1 is 0.667 bits per heavy atom. The van der Waals surface area contributed by atoms with Gasteiger partial charge in [-0.1, -0.05) is 113 Å². The highest BCUT2D eigenvalue weighted by atomic mass is 33.1. The molecule has 1 aliphatic heterocycles. The molecular weight excluding hydrogens is 1080 g/mol. The summed E-state index contributed by atoms with van der Waals surface area (Å²) >= 11 is 0. The minimum atomic E-state index is -1.52. The number of benzene rings is 2. The van der Waals surface area contributed by atoms with Gasteiger partial charge in [0.2, 0.25) is 11.8 Å². The Balaban J connectivity index is 1.16. The van der Waals surface area contributed by atoms with Gasteiger partial charge in [-0.15, -0.1) is 0 Å². The fourth-order valence-corrected chi connectivity index (χ4v) is 10.0. The number of unbranched alkanes of at least 4 members (excludes halogenated alkanes) is 4. The lowest BCUT2D eigenvalue weighted by molar-refractivity contribution is -0.203. The first-order valence-corrected chi connectivity index (χ1v) is 30.9. The van der Waals surface area contributed by atoms with E-state index in [1.54, 1.807) is 39.8 Å². The largest absolute Gasteiger partial charge is 0.448 e. The van der Waals surface area contributed by atoms with Crippen molar-refractivity contribution in [2.45, 2.75) is 130 Å². The number of nitrogens with zero attached hydrogens (tertiary/aromatic N) is 2. The zero-order valence-electron chi connectivity index (χ0n) is 48.2. The van der Waals surface area contributed by atoms with E-state index in [1.807, 2.05) is 0 Å². The molecule has 0 saturated carbocycles. The number of likely N-dealkylation sites (tertiary alicyclic amines) is 1. The second-order valence-electron chi connectivity index (χ2n) is 20.0. The number of ether oxygens (including phenoxy) is 8. The van der Waals surface area contributed by atoms with Gasteiger partial charge < -0.3 is 59.0 Å². The van der Waals surface area contributed by atoms with Gasteiger partial charge in [-0.2, -0.15) is 0 Å². The molecule has 4 N–H and O–H groups in total. The van der Waals surface area contributed by atoms with Crippen LogP contribution in [0.3, 0.4) is 0 Å². The third kappa shape index (κ3) is 24.7. The first-order valence-electron chi connectivity index (χ1n) is 28.4. The average Bonchev–Trinajstić information content (AvgIpc) is 3.66. The number of hydrogen-bond donors (Lipinski definition) is 4. The Morgan fingerprint density at radius 3 is 1.86 bits per heavy atom. The molecule has 2 aromatic carbocycles. The van der Waals surface area contributed by atoms with Gasteiger partial charge in [-0.25, -0.2) is 14.4 Å². The third-order valence-corrected chi connectivity index (χ3v) is 15.3. The lowest BCUT2D eigenvalue weighted by Gasteiger charge is -2.48. The van der Waals surface area contributed by atoms with Crippen LogP contribution in [-0.4, -0.2) is 178 Å². The van der Waals surface area contributed by atoms with Crippen LogP contribution in [-0.2, 0) is 42.8 Å². The lowest BCUT2D eigenvalue weighted by atomic mass is 9.86. The first-order chi connectivity index (χ1) is 39.3. The smallest absolute Gasteiger partial charge is 0.347 e. The van der Waals surface area contributed by atoms with Crippen molar-refractivity contribution in [3.8, 4) is 11.5 Å². The van der Waals surface area contributed by atoms with Crippen LogP contribution in [0.15, 0.2) is 73.1 Å². The average molecular weight is 1170 g/mol. The molecule has 2 unspecified atom stereocenters. The van der Waals surface area contributed by atoms with Gasteiger partial charge in [0.15, 0.2) is 6.10 Å². The third-order valence-electron chi connectivity index (χ3n) is 12.9. The van der Waals surface area contributed by atoms with Crippen LogP contribution in [0.25, 0.3) is 0 Å². The van der Waals surface area contributed by atoms with E-state index in [-0.39, 0.29) is 83.9 Å². The van der Waals surface area contributed by atoms with E-state index in [0.29, 0.717) is 77.3 Å². The molecule has 1 saturated heterocycles. The summed E-state index contributed by atoms with van der Waals surface area (Å²) in [6.45, 7) is 16.4. The van der Waals surface area contributed by atoms with E-state index in [0.717, 1.165) is 51.4 Å². The monoisotopic (exact) mass is 1170 g/mol. The molecule has 5 atom stereocenters. The molecule has 81 heavy (non-hydrogen) atoms. The number of aliphatic hydroxyl groups is 1. The normalized spacial score (nSPS) is 16.7. The van der Waals surface area contributed by atoms with Gasteiger partial charge in [-0.3, -0.25) is 24.3 Å². The van der Waals surface area contributed by atoms with Crippen molar-refractivity contribution in [2.24, 2.45) is 5.41 Å². The van der Waals surface area contributed by atoms with Gasteiger partial charge in [0.1, 0.15) is 41.4 Å². The molecule has 3 amide bonds. The summed E-state index contributed by atoms with van der Waals surface area (Å²) in [6.07, 6.45) is 8.59. The molecule has 0 aliphatic carbocycles. The summed E-state index contributed by atoms with van der Waals surface area (Å²) in [4.78, 5) is 85.0. The minimum Gasteiger partial charge on any atom is -0.448 e. The van der Waals surface area contributed by atoms with Crippen molar-refractivity contribution in [3.05, 3.63) is 89.7 Å². The number of rotatable bonds is 41. The van der Waals surface area contributed by atoms with E-state index in [4.69, 9.17) is 37.9 Å². The van der Waals surface area contributed by atoms with Crippen LogP contribution < -0.4 is 25.4 Å². The van der Waals surface area contributed by atoms with Gasteiger partial charge in [-0.05, 0) is 62.1 Å². The van der Waals surface area contributed by atoms with Crippen LogP contribution in [0.5, 0.6) is 11.5 Å². The molecule has 20 nitrogen and oxygen atoms in total. The van der Waals surface area contributed by atoms with Crippen molar-refractivity contribution < 1.29 is 71.8 Å². The Morgan fingerprint density at radius 2 is 1.25 bits per heavy atom. The number of carbonyl (C=O) groups excluding carboxylic acids is 6. The predicted molar refractivity (Wildman–Crippen MR) is 312 cm³/mol. The summed E-state index contributed by atoms with van der Waals surface area (Å²) in [7, 11) is 3.10. The second-order valence-corrected chi connectivity index (χ2v) is 22.7. The van der Waals surface area contributed by atoms with Crippen LogP contribution in [0, 0.1) is 5.41 Å². The van der Waals surface area contributed by atoms with E-state index >= 15 is 0 Å². The first kappa shape index (κ1) is 68.3. The summed E-state index contributed by atoms with van der Waals surface area (Å²) in [6, 6.07) is 14.7. The summed E-state index contributed by atoms with van der Waals surface area (Å²) in [5.74, 6) is -3.06. The molecule has 0 radical (unpaired) electrons. The second kappa shape index (κ2) is 39.3. The number of aromatic nitrogens is 1. The SMILES string of the molecule is CCCCOCC1[C@@H](OCCCC)[C@H](OCCCC)C(OCCCC)CN1CCOCC(=O)NCCSSCCNC(=O)CCNC(=O)[C@H](OC(=O)c1ccccc1OC(=O)c1ccccc1OC(=O)c1cccnc1)C(C)(C)CO. The van der Waals surface area contributed by atoms with Crippen molar-refractivity contribution >= 4 is 57.2 Å². The van der Waals surface area contributed by atoms with Crippen LogP contribution >= 0.6 is 21.6 Å². The van der Waals surface area contributed by atoms with Crippen LogP contribution in [0.2, 0.25) is 0 Å². The van der Waals surface area contributed by atoms with Crippen molar-refractivity contribution in [3.63, 3.8) is 0 Å². The van der Waals surface area contributed by atoms with Crippen LogP contribution in [0.1, 0.15) is 130 Å². The number of carbonyl (C=O) groups is 6. The maximum absolute atomic E-state index is 13.7. The number of piperidine rings is 1. The number of pyridine rings is 1. The highest BCUT2D eigenvalue weighted by Crippen LogP contribution is 2.30. The number of aliphatic hydroxyl groups excluding tert-OH is 1. The maximum atomic E-state index is 13.7. The van der Waals surface area contributed by atoms with Gasteiger partial charge in [0, 0.05) is 94.9 Å². The highest BCUT2D eigenvalue weighted by Gasteiger charge is 2.46. The Labute approximate surface area is 486 Å². The number of para-hydroxylation sites is 2. The highest BCUT2D eigenvalue weighted by molar-refractivity contribution is 8.76. The van der Waals surface area contributed by atoms with Gasteiger partial charge >= 0.3 is 17.9 Å². The minimum absolute atomic E-state index is 0.0606. The molecule has 0 bridgehead atoms. The number of hydrogen-bond acceptors (Lipinski definition) is 19. The van der Waals surface area contributed by atoms with E-state index < -0.39 is 41.9 Å². The van der Waals surface area contributed by atoms with Crippen molar-refractivity contribution in [1.82, 2.24) is 25.8 Å². The number of esters is 3. The Hall–Kier alpha value is -5.17. The molecule has 1 aromatic heterocycles. The zero-order valence-corrected chi connectivity index (χ0v) is 49.8. The fourth-order valence-electron chi connectivity index (χ4n) is 8.21. The molecule has 2 heterocycles. The maximum Gasteiger partial charge on any atom is 0.347 e. The molecule has 1 fully saturated rings. The lowest BCUT2D eigenvalue weighted by Crippen LogP contribution is -2.65. The standard InChI is InChI=1S/C59H87N5O15S2/c1-7-11-31-72-40-46-52(75-33-13-9-3)53(76-34-14-10-4)49(74-32-12-8-2)39-64(46)30-35-73-41-51(67)62-29-37-81-80-36-28-61-50(66)25-27-63-55(68)54(59(5,6)42-65)79-58(71)45-22-16-18-24-48(45)78-57(70)44-21-15-17-23-47(44)77-56(69)43-20-19-26-60-38-43/h15-24,26,38,46,49,52-54,65H,7-14,25,27-37,39-42H2,1-6H3,(H,61,66)(H,62,67)(H,63,68)/t46?,49?,52-,53-,54+/m1/s1. The summed E-state index contributed by atoms with van der Waals surface area (Å²) in [5, 5.41) is 18.6. The predicted octanol–water partition coefficient (Wildman–Crippen LogP) is 7.26. The quantitative estimate of drug-likeness (QED) is 0.0189. The number of nitrogens with one attached hydrogen (secondary N) is 3. The van der Waals surface area contributed by atoms with E-state index in [2.05, 4.69) is 53.5 Å². The van der Waals surface area contributed by atoms with Gasteiger partial charge in [0.25, 0.3) is 5.91 Å². The summed E-state index contributed by atoms with van der Waals surface area (Å²) in [5.41, 5.74) is -1.41. The molecule has 22 heteroatoms. The Bertz CT molecular complexity index is 2340. The topological polar surface area (TPSA) is 249 Å². The molecule has 1 aliphatic rings. The molecule has 0 spiro atoms. The van der Waals surface area contributed by atoms with Crippen molar-refractivity contribution in [2.75, 3.05) is 97.1 Å². The van der Waals surface area contributed by atoms with Crippen molar-refractivity contribution in [1.29, 1.82) is 0 Å². The van der Waals surface area contributed by atoms with Gasteiger partial charge in [0.05, 0.1) is 37.5 Å². The zero-order chi connectivity index (χ0) is 58.7. The van der Waals surface area contributed by atoms with Crippen LogP contribution in [0.4, 0.5) is 0 Å².